The molecule has 0 aliphatic carbocycles. The van der Waals surface area contributed by atoms with Crippen LogP contribution in [0, 0.1) is 5.92 Å². The van der Waals surface area contributed by atoms with E-state index >= 15 is 0 Å². The highest BCUT2D eigenvalue weighted by atomic mass is 79.9. The van der Waals surface area contributed by atoms with E-state index in [1.165, 1.54) is 0 Å². The van der Waals surface area contributed by atoms with Crippen molar-refractivity contribution in [1.29, 1.82) is 0 Å². The van der Waals surface area contributed by atoms with E-state index in [0.29, 0.717) is 17.4 Å². The molecule has 1 aromatic rings. The number of nitrogens with one attached hydrogen (secondary N) is 1. The summed E-state index contributed by atoms with van der Waals surface area (Å²) in [5.41, 5.74) is 0.899. The zero-order valence-corrected chi connectivity index (χ0v) is 10.7. The van der Waals surface area contributed by atoms with Gasteiger partial charge in [-0.05, 0) is 30.0 Å². The van der Waals surface area contributed by atoms with E-state index in [0.717, 1.165) is 16.5 Å². The summed E-state index contributed by atoms with van der Waals surface area (Å²) >= 11 is 3.29. The molecular weight excluding hydrogens is 278 g/mol. The van der Waals surface area contributed by atoms with Crippen molar-refractivity contribution in [2.45, 2.75) is 18.2 Å². The van der Waals surface area contributed by atoms with E-state index in [1.807, 2.05) is 19.1 Å². The molecule has 5 heteroatoms. The van der Waals surface area contributed by atoms with Gasteiger partial charge in [0.25, 0.3) is 0 Å². The molecule has 1 atom stereocenters. The second-order valence-corrected chi connectivity index (χ2v) is 6.56. The predicted octanol–water partition coefficient (Wildman–Crippen LogP) is 1.92. The Hall–Kier alpha value is -0.390. The fourth-order valence-electron chi connectivity index (χ4n) is 1.72. The van der Waals surface area contributed by atoms with Gasteiger partial charge in [0.2, 0.25) is 10.0 Å². The first-order valence-corrected chi connectivity index (χ1v) is 7.05. The molecule has 0 bridgehead atoms. The fourth-order valence-corrected chi connectivity index (χ4v) is 3.68. The molecule has 1 aromatic carbocycles. The maximum Gasteiger partial charge on any atom is 0.240 e. The van der Waals surface area contributed by atoms with Crippen LogP contribution >= 0.6 is 15.9 Å². The highest BCUT2D eigenvalue weighted by molar-refractivity contribution is 9.10. The summed E-state index contributed by atoms with van der Waals surface area (Å²) in [7, 11) is -3.31. The lowest BCUT2D eigenvalue weighted by Crippen LogP contribution is -2.26. The van der Waals surface area contributed by atoms with E-state index in [4.69, 9.17) is 0 Å². The largest absolute Gasteiger partial charge is 0.240 e. The van der Waals surface area contributed by atoms with E-state index in [2.05, 4.69) is 20.7 Å². The second-order valence-electron chi connectivity index (χ2n) is 3.91. The van der Waals surface area contributed by atoms with Gasteiger partial charge in [-0.1, -0.05) is 28.9 Å². The Bertz CT molecular complexity index is 484. The first-order valence-electron chi connectivity index (χ1n) is 4.77. The molecule has 1 aliphatic rings. The molecule has 15 heavy (non-hydrogen) atoms. The predicted molar refractivity (Wildman–Crippen MR) is 62.2 cm³/mol. The zero-order chi connectivity index (χ0) is 11.1. The SMILES string of the molecule is CC1CNS(=O)(=O)c2cc(Br)ccc2C1. The molecule has 3 nitrogen and oxygen atoms in total. The van der Waals surface area contributed by atoms with Gasteiger partial charge < -0.3 is 0 Å². The third kappa shape index (κ3) is 2.24. The summed E-state index contributed by atoms with van der Waals surface area (Å²) in [4.78, 5) is 0.404. The van der Waals surface area contributed by atoms with Gasteiger partial charge in [-0.2, -0.15) is 0 Å². The van der Waals surface area contributed by atoms with Crippen molar-refractivity contribution in [3.63, 3.8) is 0 Å². The minimum atomic E-state index is -3.31. The number of benzene rings is 1. The average molecular weight is 290 g/mol. The van der Waals surface area contributed by atoms with Crippen molar-refractivity contribution in [2.75, 3.05) is 6.54 Å². The molecule has 1 aliphatic heterocycles. The van der Waals surface area contributed by atoms with Crippen LogP contribution in [-0.4, -0.2) is 15.0 Å². The molecule has 0 radical (unpaired) electrons. The zero-order valence-electron chi connectivity index (χ0n) is 8.33. The lowest BCUT2D eigenvalue weighted by molar-refractivity contribution is 0.552. The number of hydrogen-bond acceptors (Lipinski definition) is 2. The molecule has 1 unspecified atom stereocenters. The molecule has 0 saturated carbocycles. The van der Waals surface area contributed by atoms with Crippen LogP contribution in [0.2, 0.25) is 0 Å². The maximum absolute atomic E-state index is 11.9. The Morgan fingerprint density at radius 3 is 2.93 bits per heavy atom. The van der Waals surface area contributed by atoms with Gasteiger partial charge in [0.15, 0.2) is 0 Å². The minimum Gasteiger partial charge on any atom is -0.211 e. The minimum absolute atomic E-state index is 0.335. The van der Waals surface area contributed by atoms with E-state index in [-0.39, 0.29) is 0 Å². The molecule has 0 saturated heterocycles. The van der Waals surface area contributed by atoms with Crippen molar-refractivity contribution < 1.29 is 8.42 Å². The third-order valence-electron chi connectivity index (χ3n) is 2.51. The van der Waals surface area contributed by atoms with Crippen LogP contribution in [0.5, 0.6) is 0 Å². The molecule has 82 valence electrons. The summed E-state index contributed by atoms with van der Waals surface area (Å²) in [6.07, 6.45) is 0.800. The van der Waals surface area contributed by atoms with Crippen LogP contribution in [0.1, 0.15) is 12.5 Å². The van der Waals surface area contributed by atoms with Gasteiger partial charge in [0, 0.05) is 11.0 Å². The molecule has 0 spiro atoms. The smallest absolute Gasteiger partial charge is 0.211 e. The molecule has 0 fully saturated rings. The number of rotatable bonds is 0. The van der Waals surface area contributed by atoms with Crippen molar-refractivity contribution in [3.8, 4) is 0 Å². The van der Waals surface area contributed by atoms with Crippen molar-refractivity contribution >= 4 is 26.0 Å². The van der Waals surface area contributed by atoms with Gasteiger partial charge in [-0.25, -0.2) is 13.1 Å². The Morgan fingerprint density at radius 2 is 2.20 bits per heavy atom. The van der Waals surface area contributed by atoms with Gasteiger partial charge in [0.1, 0.15) is 0 Å². The number of sulfonamides is 1. The van der Waals surface area contributed by atoms with E-state index in [1.54, 1.807) is 6.07 Å². The van der Waals surface area contributed by atoms with Gasteiger partial charge in [0.05, 0.1) is 4.90 Å². The van der Waals surface area contributed by atoms with Crippen LogP contribution in [-0.2, 0) is 16.4 Å². The highest BCUT2D eigenvalue weighted by Crippen LogP contribution is 2.25. The summed E-state index contributed by atoms with van der Waals surface area (Å²) in [5, 5.41) is 0. The van der Waals surface area contributed by atoms with Crippen LogP contribution < -0.4 is 4.72 Å². The Morgan fingerprint density at radius 1 is 1.47 bits per heavy atom. The van der Waals surface area contributed by atoms with Crippen LogP contribution in [0.25, 0.3) is 0 Å². The standard InChI is InChI=1S/C10H12BrNO2S/c1-7-4-8-2-3-9(11)5-10(8)15(13,14)12-6-7/h2-3,5,7,12H,4,6H2,1H3. The molecule has 0 amide bonds. The fraction of sp³-hybridized carbons (Fsp3) is 0.400. The normalized spacial score (nSPS) is 24.3. The van der Waals surface area contributed by atoms with Gasteiger partial charge in [-0.15, -0.1) is 0 Å². The summed E-state index contributed by atoms with van der Waals surface area (Å²) in [5.74, 6) is 0.335. The lowest BCUT2D eigenvalue weighted by Gasteiger charge is -2.06. The second kappa shape index (κ2) is 3.88. The molecular formula is C10H12BrNO2S. The van der Waals surface area contributed by atoms with Crippen molar-refractivity contribution in [2.24, 2.45) is 5.92 Å². The molecule has 0 aromatic heterocycles. The summed E-state index contributed by atoms with van der Waals surface area (Å²) < 4.78 is 27.1. The highest BCUT2D eigenvalue weighted by Gasteiger charge is 2.24. The Balaban J connectivity index is 2.61. The summed E-state index contributed by atoms with van der Waals surface area (Å²) in [6.45, 7) is 2.55. The summed E-state index contributed by atoms with van der Waals surface area (Å²) in [6, 6.07) is 5.42. The van der Waals surface area contributed by atoms with Crippen LogP contribution in [0.15, 0.2) is 27.6 Å². The number of halogens is 1. The molecule has 2 rings (SSSR count). The number of hydrogen-bond donors (Lipinski definition) is 1. The lowest BCUT2D eigenvalue weighted by atomic mass is 10.0. The van der Waals surface area contributed by atoms with Gasteiger partial charge in [-0.3, -0.25) is 0 Å². The van der Waals surface area contributed by atoms with Crippen LogP contribution in [0.3, 0.4) is 0 Å². The average Bonchev–Trinajstić information content (AvgIpc) is 2.27. The van der Waals surface area contributed by atoms with E-state index in [9.17, 15) is 8.42 Å². The first kappa shape index (κ1) is 11.1. The Kier molecular flexibility index (Phi) is 2.87. The monoisotopic (exact) mass is 289 g/mol. The maximum atomic E-state index is 11.9. The van der Waals surface area contributed by atoms with Gasteiger partial charge >= 0.3 is 0 Å². The molecule has 1 heterocycles. The topological polar surface area (TPSA) is 46.2 Å². The van der Waals surface area contributed by atoms with Crippen LogP contribution in [0.4, 0.5) is 0 Å². The van der Waals surface area contributed by atoms with Crippen molar-refractivity contribution in [3.05, 3.63) is 28.2 Å². The first-order chi connectivity index (χ1) is 6.99. The third-order valence-corrected chi connectivity index (χ3v) is 4.51. The Labute approximate surface area is 98.1 Å². The van der Waals surface area contributed by atoms with E-state index < -0.39 is 10.0 Å². The molecule has 1 N–H and O–H groups in total. The quantitative estimate of drug-likeness (QED) is 0.793. The number of fused-ring (bicyclic) bond motifs is 1. The van der Waals surface area contributed by atoms with Crippen molar-refractivity contribution in [1.82, 2.24) is 4.72 Å².